The van der Waals surface area contributed by atoms with Gasteiger partial charge in [-0.1, -0.05) is 29.3 Å². The van der Waals surface area contributed by atoms with Crippen molar-refractivity contribution in [3.05, 3.63) is 39.9 Å². The van der Waals surface area contributed by atoms with Gasteiger partial charge in [-0.15, -0.1) is 0 Å². The van der Waals surface area contributed by atoms with E-state index in [1.807, 2.05) is 0 Å². The third kappa shape index (κ3) is 5.23. The zero-order valence-corrected chi connectivity index (χ0v) is 14.8. The molecule has 1 saturated heterocycles. The van der Waals surface area contributed by atoms with Gasteiger partial charge in [-0.25, -0.2) is 0 Å². The van der Waals surface area contributed by atoms with Gasteiger partial charge in [-0.05, 0) is 30.2 Å². The fourth-order valence-electron chi connectivity index (χ4n) is 2.47. The summed E-state index contributed by atoms with van der Waals surface area (Å²) in [5.41, 5.74) is 0.785. The zero-order chi connectivity index (χ0) is 17.5. The number of carbonyl (C=O) groups excluding carboxylic acids is 2. The predicted molar refractivity (Wildman–Crippen MR) is 95.0 cm³/mol. The monoisotopic (exact) mass is 370 g/mol. The highest BCUT2D eigenvalue weighted by Gasteiger charge is 2.22. The molecule has 0 radical (unpaired) electrons. The average Bonchev–Trinajstić information content (AvgIpc) is 2.75. The van der Waals surface area contributed by atoms with E-state index in [1.165, 1.54) is 6.08 Å². The standard InChI is InChI=1S/C17H20Cl2N2O3/c18-14-4-2-13(12-15(14)19)3-5-16(23)21-8-6-17(24)20(9-10-21)7-1-11-22/h2-5,12,22H,1,6-11H2. The number of nitrogens with zero attached hydrogens (tertiary/aromatic N) is 2. The topological polar surface area (TPSA) is 60.9 Å². The van der Waals surface area contributed by atoms with Gasteiger partial charge in [0.15, 0.2) is 0 Å². The lowest BCUT2D eigenvalue weighted by atomic mass is 10.2. The van der Waals surface area contributed by atoms with E-state index in [9.17, 15) is 9.59 Å². The van der Waals surface area contributed by atoms with Crippen LogP contribution in [0.5, 0.6) is 0 Å². The van der Waals surface area contributed by atoms with Crippen LogP contribution in [-0.4, -0.2) is 59.5 Å². The summed E-state index contributed by atoms with van der Waals surface area (Å²) in [4.78, 5) is 27.7. The summed E-state index contributed by atoms with van der Waals surface area (Å²) in [6, 6.07) is 5.15. The van der Waals surface area contributed by atoms with Gasteiger partial charge in [0.05, 0.1) is 10.0 Å². The maximum atomic E-state index is 12.3. The Bertz CT molecular complexity index is 634. The Kier molecular flexibility index (Phi) is 7.09. The van der Waals surface area contributed by atoms with Crippen molar-refractivity contribution in [2.24, 2.45) is 0 Å². The highest BCUT2D eigenvalue weighted by atomic mass is 35.5. The van der Waals surface area contributed by atoms with Crippen molar-refractivity contribution in [3.8, 4) is 0 Å². The van der Waals surface area contributed by atoms with E-state index >= 15 is 0 Å². The van der Waals surface area contributed by atoms with Gasteiger partial charge in [0.1, 0.15) is 0 Å². The Labute approximate surface area is 151 Å². The number of benzene rings is 1. The van der Waals surface area contributed by atoms with Crippen molar-refractivity contribution in [3.63, 3.8) is 0 Å². The smallest absolute Gasteiger partial charge is 0.246 e. The summed E-state index contributed by atoms with van der Waals surface area (Å²) in [7, 11) is 0. The van der Waals surface area contributed by atoms with Gasteiger partial charge in [0.25, 0.3) is 0 Å². The van der Waals surface area contributed by atoms with Crippen LogP contribution >= 0.6 is 23.2 Å². The quantitative estimate of drug-likeness (QED) is 0.809. The van der Waals surface area contributed by atoms with Crippen LogP contribution in [0.4, 0.5) is 0 Å². The normalized spacial score (nSPS) is 15.9. The third-order valence-electron chi connectivity index (χ3n) is 3.85. The molecule has 2 rings (SSSR count). The minimum atomic E-state index is -0.141. The molecule has 130 valence electrons. The van der Waals surface area contributed by atoms with Crippen LogP contribution in [0, 0.1) is 0 Å². The summed E-state index contributed by atoms with van der Waals surface area (Å²) >= 11 is 11.8. The molecular formula is C17H20Cl2N2O3. The molecule has 1 aliphatic rings. The average molecular weight is 371 g/mol. The first kappa shape index (κ1) is 18.8. The molecular weight excluding hydrogens is 351 g/mol. The molecule has 24 heavy (non-hydrogen) atoms. The van der Waals surface area contributed by atoms with E-state index < -0.39 is 0 Å². The van der Waals surface area contributed by atoms with E-state index in [4.69, 9.17) is 28.3 Å². The van der Waals surface area contributed by atoms with E-state index in [0.717, 1.165) is 5.56 Å². The minimum absolute atomic E-state index is 0.0206. The lowest BCUT2D eigenvalue weighted by molar-refractivity contribution is -0.130. The predicted octanol–water partition coefficient (Wildman–Crippen LogP) is 2.45. The van der Waals surface area contributed by atoms with E-state index in [-0.39, 0.29) is 18.4 Å². The lowest BCUT2D eigenvalue weighted by Crippen LogP contribution is -2.35. The Hall–Kier alpha value is -1.56. The summed E-state index contributed by atoms with van der Waals surface area (Å²) in [5, 5.41) is 9.78. The van der Waals surface area contributed by atoms with Gasteiger partial charge in [-0.2, -0.15) is 0 Å². The van der Waals surface area contributed by atoms with E-state index in [2.05, 4.69) is 0 Å². The molecule has 0 unspecified atom stereocenters. The summed E-state index contributed by atoms with van der Waals surface area (Å²) in [6.07, 6.45) is 4.02. The molecule has 1 aromatic rings. The largest absolute Gasteiger partial charge is 0.396 e. The Morgan fingerprint density at radius 2 is 2.00 bits per heavy atom. The van der Waals surface area contributed by atoms with Crippen LogP contribution in [0.3, 0.4) is 0 Å². The number of halogens is 2. The van der Waals surface area contributed by atoms with Crippen molar-refractivity contribution < 1.29 is 14.7 Å². The van der Waals surface area contributed by atoms with E-state index in [0.29, 0.717) is 49.1 Å². The molecule has 1 heterocycles. The number of amides is 2. The van der Waals surface area contributed by atoms with Crippen LogP contribution in [0.25, 0.3) is 6.08 Å². The number of rotatable bonds is 5. The number of carbonyl (C=O) groups is 2. The van der Waals surface area contributed by atoms with Crippen LogP contribution in [0.15, 0.2) is 24.3 Å². The second-order valence-electron chi connectivity index (χ2n) is 5.54. The molecule has 1 aliphatic heterocycles. The zero-order valence-electron chi connectivity index (χ0n) is 13.3. The molecule has 1 aromatic carbocycles. The summed E-state index contributed by atoms with van der Waals surface area (Å²) in [5.74, 6) is -0.120. The Morgan fingerprint density at radius 1 is 1.21 bits per heavy atom. The summed E-state index contributed by atoms with van der Waals surface area (Å²) in [6.45, 7) is 1.96. The molecule has 0 aromatic heterocycles. The molecule has 0 bridgehead atoms. The molecule has 0 saturated carbocycles. The Balaban J connectivity index is 1.95. The molecule has 1 fully saturated rings. The lowest BCUT2D eigenvalue weighted by Gasteiger charge is -2.21. The first-order chi connectivity index (χ1) is 11.5. The molecule has 2 amide bonds. The second kappa shape index (κ2) is 9.06. The first-order valence-corrected chi connectivity index (χ1v) is 8.57. The Morgan fingerprint density at radius 3 is 2.71 bits per heavy atom. The van der Waals surface area contributed by atoms with Gasteiger partial charge >= 0.3 is 0 Å². The summed E-state index contributed by atoms with van der Waals surface area (Å²) < 4.78 is 0. The molecule has 0 aliphatic carbocycles. The van der Waals surface area contributed by atoms with Gasteiger partial charge < -0.3 is 14.9 Å². The van der Waals surface area contributed by atoms with Crippen molar-refractivity contribution in [2.45, 2.75) is 12.8 Å². The van der Waals surface area contributed by atoms with Crippen LogP contribution < -0.4 is 0 Å². The highest BCUT2D eigenvalue weighted by Crippen LogP contribution is 2.23. The molecule has 0 atom stereocenters. The van der Waals surface area contributed by atoms with Crippen molar-refractivity contribution >= 4 is 41.1 Å². The van der Waals surface area contributed by atoms with Crippen molar-refractivity contribution in [1.82, 2.24) is 9.80 Å². The second-order valence-corrected chi connectivity index (χ2v) is 6.35. The van der Waals surface area contributed by atoms with Crippen LogP contribution in [0.2, 0.25) is 10.0 Å². The maximum Gasteiger partial charge on any atom is 0.246 e. The molecule has 5 nitrogen and oxygen atoms in total. The minimum Gasteiger partial charge on any atom is -0.396 e. The third-order valence-corrected chi connectivity index (χ3v) is 4.59. The fourth-order valence-corrected chi connectivity index (χ4v) is 2.78. The van der Waals surface area contributed by atoms with Crippen molar-refractivity contribution in [1.29, 1.82) is 0 Å². The van der Waals surface area contributed by atoms with Crippen LogP contribution in [-0.2, 0) is 9.59 Å². The SMILES string of the molecule is O=C(C=Cc1ccc(Cl)c(Cl)c1)N1CCC(=O)N(CCCO)CC1. The van der Waals surface area contributed by atoms with Crippen LogP contribution in [0.1, 0.15) is 18.4 Å². The maximum absolute atomic E-state index is 12.3. The van der Waals surface area contributed by atoms with Gasteiger partial charge in [-0.3, -0.25) is 9.59 Å². The fraction of sp³-hybridized carbons (Fsp3) is 0.412. The molecule has 0 spiro atoms. The number of aliphatic hydroxyl groups is 1. The van der Waals surface area contributed by atoms with Crippen molar-refractivity contribution in [2.75, 3.05) is 32.8 Å². The van der Waals surface area contributed by atoms with Gasteiger partial charge in [0.2, 0.25) is 11.8 Å². The number of hydrogen-bond acceptors (Lipinski definition) is 3. The molecule has 7 heteroatoms. The van der Waals surface area contributed by atoms with Gasteiger partial charge in [0, 0.05) is 45.3 Å². The highest BCUT2D eigenvalue weighted by molar-refractivity contribution is 6.42. The first-order valence-electron chi connectivity index (χ1n) is 7.82. The molecule has 1 N–H and O–H groups in total. The number of aliphatic hydroxyl groups excluding tert-OH is 1. The number of hydrogen-bond donors (Lipinski definition) is 1. The van der Waals surface area contributed by atoms with E-state index in [1.54, 1.807) is 34.1 Å².